The van der Waals surface area contributed by atoms with Crippen molar-refractivity contribution in [3.63, 3.8) is 0 Å². The number of aldehydes is 1. The summed E-state index contributed by atoms with van der Waals surface area (Å²) in [6.07, 6.45) is 10.2. The minimum Gasteiger partial charge on any atom is -0.390 e. The first-order chi connectivity index (χ1) is 17.5. The van der Waals surface area contributed by atoms with Gasteiger partial charge in [0.05, 0.1) is 6.10 Å². The zero-order valence-electron chi connectivity index (χ0n) is 21.0. The fourth-order valence-electron chi connectivity index (χ4n) is 4.65. The second-order valence-electron chi connectivity index (χ2n) is 9.55. The molecule has 2 saturated carbocycles. The lowest BCUT2D eigenvalue weighted by atomic mass is 9.82. The van der Waals surface area contributed by atoms with E-state index in [1.165, 1.54) is 25.7 Å². The van der Waals surface area contributed by atoms with E-state index in [0.29, 0.717) is 17.0 Å². The molecule has 2 aliphatic carbocycles. The van der Waals surface area contributed by atoms with Crippen LogP contribution in [-0.2, 0) is 4.79 Å². The van der Waals surface area contributed by atoms with Crippen LogP contribution in [0.4, 0.5) is 0 Å². The number of hydrogen-bond acceptors (Lipinski definition) is 6. The first kappa shape index (κ1) is 29.6. The maximum atomic E-state index is 12.0. The van der Waals surface area contributed by atoms with Gasteiger partial charge in [-0.05, 0) is 31.6 Å². The van der Waals surface area contributed by atoms with Gasteiger partial charge in [0.2, 0.25) is 0 Å². The molecular weight excluding hydrogens is 456 g/mol. The number of aliphatic hydroxyl groups excluding tert-OH is 3. The monoisotopic (exact) mass is 496 g/mol. The highest BCUT2D eigenvalue weighted by atomic mass is 16.3. The Balaban J connectivity index is 0.000000213. The standard InChI is InChI=1S/C15H20O3.C8H8O2.C7H12O/c16-13(11-7-3-1-4-8-11)15(18)14(17)12-9-5-2-6-10-12;9-6-8(10)7-4-2-1-3-5-7;8-6-7-4-2-1-3-5-7/h1,3-4,7-8,12,14-15,17-18H,2,5-6,9-10H2;1-5,9H,6H2;6-7H,1-5H2/t14-,15-;;/m1../s1. The van der Waals surface area contributed by atoms with Crippen LogP contribution in [0.15, 0.2) is 60.7 Å². The number of carbonyl (C=O) groups is 3. The molecule has 0 aliphatic heterocycles. The fourth-order valence-corrected chi connectivity index (χ4v) is 4.65. The second kappa shape index (κ2) is 16.9. The fraction of sp³-hybridized carbons (Fsp3) is 0.500. The maximum absolute atomic E-state index is 12.0. The number of rotatable bonds is 7. The maximum Gasteiger partial charge on any atom is 0.193 e. The number of hydrogen-bond donors (Lipinski definition) is 3. The van der Waals surface area contributed by atoms with Gasteiger partial charge in [0, 0.05) is 17.0 Å². The third kappa shape index (κ3) is 10.1. The average Bonchev–Trinajstić information content (AvgIpc) is 2.98. The Kier molecular flexibility index (Phi) is 13.9. The molecule has 0 aromatic heterocycles. The summed E-state index contributed by atoms with van der Waals surface area (Å²) in [5, 5.41) is 28.5. The van der Waals surface area contributed by atoms with Crippen LogP contribution in [0.5, 0.6) is 0 Å². The van der Waals surface area contributed by atoms with Gasteiger partial charge >= 0.3 is 0 Å². The van der Waals surface area contributed by atoms with Crippen LogP contribution < -0.4 is 0 Å². The van der Waals surface area contributed by atoms with Crippen molar-refractivity contribution in [2.45, 2.75) is 76.4 Å². The van der Waals surface area contributed by atoms with E-state index in [9.17, 15) is 24.6 Å². The van der Waals surface area contributed by atoms with Gasteiger partial charge in [-0.3, -0.25) is 9.59 Å². The van der Waals surface area contributed by atoms with E-state index in [2.05, 4.69) is 0 Å². The molecule has 4 rings (SSSR count). The van der Waals surface area contributed by atoms with E-state index in [4.69, 9.17) is 5.11 Å². The molecule has 2 fully saturated rings. The van der Waals surface area contributed by atoms with Crippen LogP contribution in [0, 0.1) is 11.8 Å². The summed E-state index contributed by atoms with van der Waals surface area (Å²) in [7, 11) is 0. The van der Waals surface area contributed by atoms with E-state index in [0.717, 1.165) is 44.8 Å². The molecule has 0 spiro atoms. The third-order valence-corrected chi connectivity index (χ3v) is 6.86. The summed E-state index contributed by atoms with van der Waals surface area (Å²) in [5.41, 5.74) is 1.02. The van der Waals surface area contributed by atoms with Crippen molar-refractivity contribution in [3.05, 3.63) is 71.8 Å². The lowest BCUT2D eigenvalue weighted by Gasteiger charge is -2.29. The molecule has 6 heteroatoms. The molecule has 36 heavy (non-hydrogen) atoms. The van der Waals surface area contributed by atoms with Gasteiger partial charge < -0.3 is 20.1 Å². The Morgan fingerprint density at radius 3 is 1.67 bits per heavy atom. The van der Waals surface area contributed by atoms with Crippen LogP contribution in [0.2, 0.25) is 0 Å². The molecule has 2 atom stereocenters. The molecule has 0 heterocycles. The smallest absolute Gasteiger partial charge is 0.193 e. The Hall–Kier alpha value is -2.67. The van der Waals surface area contributed by atoms with Crippen molar-refractivity contribution in [3.8, 4) is 0 Å². The molecule has 2 aromatic carbocycles. The van der Waals surface area contributed by atoms with E-state index >= 15 is 0 Å². The van der Waals surface area contributed by atoms with Crippen molar-refractivity contribution in [1.82, 2.24) is 0 Å². The van der Waals surface area contributed by atoms with Crippen LogP contribution in [-0.4, -0.2) is 52.0 Å². The molecule has 2 aliphatic rings. The third-order valence-electron chi connectivity index (χ3n) is 6.86. The quantitative estimate of drug-likeness (QED) is 0.375. The van der Waals surface area contributed by atoms with Crippen LogP contribution in [0.25, 0.3) is 0 Å². The molecule has 0 unspecified atom stereocenters. The normalized spacial score (nSPS) is 17.9. The molecule has 2 aromatic rings. The number of carbonyl (C=O) groups excluding carboxylic acids is 3. The summed E-state index contributed by atoms with van der Waals surface area (Å²) in [6.45, 7) is -0.413. The Morgan fingerprint density at radius 1 is 0.750 bits per heavy atom. The molecule has 0 radical (unpaired) electrons. The lowest BCUT2D eigenvalue weighted by Crippen LogP contribution is -2.40. The highest BCUT2D eigenvalue weighted by molar-refractivity contribution is 5.99. The Bertz CT molecular complexity index is 886. The Morgan fingerprint density at radius 2 is 1.22 bits per heavy atom. The van der Waals surface area contributed by atoms with Gasteiger partial charge in [0.15, 0.2) is 11.6 Å². The largest absolute Gasteiger partial charge is 0.390 e. The Labute approximate surface area is 214 Å². The van der Waals surface area contributed by atoms with Crippen molar-refractivity contribution >= 4 is 17.9 Å². The summed E-state index contributed by atoms with van der Waals surface area (Å²) < 4.78 is 0. The van der Waals surface area contributed by atoms with E-state index in [-0.39, 0.29) is 17.5 Å². The number of Topliss-reactive ketones (excluding diaryl/α,β-unsaturated/α-hetero) is 2. The molecule has 196 valence electrons. The minimum atomic E-state index is -1.30. The number of ketones is 2. The van der Waals surface area contributed by atoms with Crippen LogP contribution in [0.1, 0.15) is 84.9 Å². The van der Waals surface area contributed by atoms with E-state index in [1.54, 1.807) is 48.5 Å². The van der Waals surface area contributed by atoms with Gasteiger partial charge in [-0.2, -0.15) is 0 Å². The van der Waals surface area contributed by atoms with Gasteiger partial charge in [-0.15, -0.1) is 0 Å². The zero-order chi connectivity index (χ0) is 26.2. The number of benzene rings is 2. The summed E-state index contributed by atoms with van der Waals surface area (Å²) in [4.78, 5) is 32.9. The van der Waals surface area contributed by atoms with Crippen molar-refractivity contribution < 1.29 is 29.7 Å². The minimum absolute atomic E-state index is 0.0569. The zero-order valence-corrected chi connectivity index (χ0v) is 21.0. The van der Waals surface area contributed by atoms with Crippen molar-refractivity contribution in [1.29, 1.82) is 0 Å². The lowest BCUT2D eigenvalue weighted by molar-refractivity contribution is -0.111. The number of aliphatic hydroxyl groups is 3. The van der Waals surface area contributed by atoms with Gasteiger partial charge in [-0.25, -0.2) is 0 Å². The summed E-state index contributed by atoms with van der Waals surface area (Å²) >= 11 is 0. The summed E-state index contributed by atoms with van der Waals surface area (Å²) in [6, 6.07) is 17.4. The molecular formula is C30H40O6. The van der Waals surface area contributed by atoms with Gasteiger partial charge in [-0.1, -0.05) is 99.2 Å². The van der Waals surface area contributed by atoms with Crippen LogP contribution >= 0.6 is 0 Å². The molecule has 0 amide bonds. The molecule has 3 N–H and O–H groups in total. The van der Waals surface area contributed by atoms with E-state index in [1.807, 2.05) is 12.1 Å². The van der Waals surface area contributed by atoms with Gasteiger partial charge in [0.25, 0.3) is 0 Å². The van der Waals surface area contributed by atoms with Crippen LogP contribution in [0.3, 0.4) is 0 Å². The highest BCUT2D eigenvalue weighted by Crippen LogP contribution is 2.28. The predicted octanol–water partition coefficient (Wildman–Crippen LogP) is 4.80. The second-order valence-corrected chi connectivity index (χ2v) is 9.55. The van der Waals surface area contributed by atoms with Crippen molar-refractivity contribution in [2.24, 2.45) is 11.8 Å². The highest BCUT2D eigenvalue weighted by Gasteiger charge is 2.32. The first-order valence-corrected chi connectivity index (χ1v) is 13.1. The van der Waals surface area contributed by atoms with Crippen molar-refractivity contribution in [2.75, 3.05) is 6.61 Å². The molecule has 0 saturated heterocycles. The van der Waals surface area contributed by atoms with E-state index < -0.39 is 18.8 Å². The van der Waals surface area contributed by atoms with Gasteiger partial charge in [0.1, 0.15) is 19.0 Å². The first-order valence-electron chi connectivity index (χ1n) is 13.1. The molecule has 6 nitrogen and oxygen atoms in total. The summed E-state index contributed by atoms with van der Waals surface area (Å²) in [5.74, 6) is -0.153. The average molecular weight is 497 g/mol. The molecule has 0 bridgehead atoms. The predicted molar refractivity (Wildman–Crippen MR) is 140 cm³/mol. The SMILES string of the molecule is O=C(CO)c1ccccc1.O=C(c1ccccc1)[C@@H](O)[C@H](O)C1CCCCC1.O=CC1CCCCC1. The topological polar surface area (TPSA) is 112 Å².